The summed E-state index contributed by atoms with van der Waals surface area (Å²) in [5.41, 5.74) is 6.70. The number of benzene rings is 6. The van der Waals surface area contributed by atoms with E-state index in [0.29, 0.717) is 0 Å². The van der Waals surface area contributed by atoms with Crippen molar-refractivity contribution in [1.82, 2.24) is 0 Å². The summed E-state index contributed by atoms with van der Waals surface area (Å²) >= 11 is 0. The molecule has 0 nitrogen and oxygen atoms in total. The largest absolute Gasteiger partial charge is 0.0674 e. The summed E-state index contributed by atoms with van der Waals surface area (Å²) in [5, 5.41) is 2.55. The molecule has 0 heteroatoms. The van der Waals surface area contributed by atoms with Gasteiger partial charge >= 0.3 is 0 Å². The third-order valence-electron chi connectivity index (χ3n) is 8.34. The van der Waals surface area contributed by atoms with Gasteiger partial charge in [-0.3, -0.25) is 0 Å². The van der Waals surface area contributed by atoms with Crippen LogP contribution in [0.15, 0.2) is 164 Å². The highest BCUT2D eigenvalue weighted by atomic mass is 14.6. The zero-order valence-electron chi connectivity index (χ0n) is 21.2. The van der Waals surface area contributed by atoms with E-state index in [1.807, 2.05) is 0 Å². The molecular weight excluding hydrogens is 456 g/mol. The SMILES string of the molecule is C1=CC(c2ccccc2)(c2ccccc2)C(c2ccccc2)(c2ccccc2)c2ccc3ccccc3c21. The average Bonchev–Trinajstić information content (AvgIpc) is 3.02. The fourth-order valence-corrected chi connectivity index (χ4v) is 6.85. The lowest BCUT2D eigenvalue weighted by Gasteiger charge is -2.54. The zero-order chi connectivity index (χ0) is 25.4. The van der Waals surface area contributed by atoms with Crippen LogP contribution in [-0.2, 0) is 10.8 Å². The molecule has 0 radical (unpaired) electrons. The van der Waals surface area contributed by atoms with Gasteiger partial charge in [0.25, 0.3) is 0 Å². The van der Waals surface area contributed by atoms with Gasteiger partial charge in [-0.05, 0) is 44.2 Å². The van der Waals surface area contributed by atoms with Gasteiger partial charge in [-0.15, -0.1) is 0 Å². The number of hydrogen-bond donors (Lipinski definition) is 0. The van der Waals surface area contributed by atoms with Crippen molar-refractivity contribution in [2.75, 3.05) is 0 Å². The molecule has 38 heavy (non-hydrogen) atoms. The van der Waals surface area contributed by atoms with E-state index in [4.69, 9.17) is 0 Å². The molecule has 6 aromatic rings. The average molecular weight is 485 g/mol. The fourth-order valence-electron chi connectivity index (χ4n) is 6.85. The van der Waals surface area contributed by atoms with Crippen molar-refractivity contribution in [3.8, 4) is 0 Å². The highest BCUT2D eigenvalue weighted by Crippen LogP contribution is 2.60. The molecule has 0 heterocycles. The maximum Gasteiger partial charge on any atom is 0.0629 e. The van der Waals surface area contributed by atoms with Crippen molar-refractivity contribution in [1.29, 1.82) is 0 Å². The van der Waals surface area contributed by atoms with Crippen LogP contribution in [0.2, 0.25) is 0 Å². The second-order valence-electron chi connectivity index (χ2n) is 10.1. The lowest BCUT2D eigenvalue weighted by Crippen LogP contribution is -2.52. The van der Waals surface area contributed by atoms with Crippen LogP contribution in [0, 0.1) is 0 Å². The van der Waals surface area contributed by atoms with E-state index in [1.54, 1.807) is 0 Å². The summed E-state index contributed by atoms with van der Waals surface area (Å²) in [6.07, 6.45) is 4.86. The van der Waals surface area contributed by atoms with Crippen molar-refractivity contribution in [3.63, 3.8) is 0 Å². The molecule has 0 fully saturated rings. The van der Waals surface area contributed by atoms with Crippen molar-refractivity contribution < 1.29 is 0 Å². The van der Waals surface area contributed by atoms with Crippen LogP contribution in [0.4, 0.5) is 0 Å². The van der Waals surface area contributed by atoms with Crippen molar-refractivity contribution >= 4 is 16.8 Å². The third-order valence-corrected chi connectivity index (χ3v) is 8.34. The Kier molecular flexibility index (Phi) is 5.34. The molecule has 1 aliphatic rings. The summed E-state index contributed by atoms with van der Waals surface area (Å²) in [7, 11) is 0. The van der Waals surface area contributed by atoms with E-state index >= 15 is 0 Å². The summed E-state index contributed by atoms with van der Waals surface area (Å²) in [6, 6.07) is 57.7. The highest BCUT2D eigenvalue weighted by molar-refractivity contribution is 5.95. The van der Waals surface area contributed by atoms with Crippen molar-refractivity contribution in [3.05, 3.63) is 197 Å². The van der Waals surface area contributed by atoms with Gasteiger partial charge in [0.2, 0.25) is 0 Å². The van der Waals surface area contributed by atoms with Crippen LogP contribution in [0.1, 0.15) is 33.4 Å². The Bertz CT molecular complexity index is 1650. The maximum atomic E-state index is 2.48. The number of allylic oxidation sites excluding steroid dienone is 1. The minimum absolute atomic E-state index is 0.492. The molecule has 0 N–H and O–H groups in total. The van der Waals surface area contributed by atoms with Crippen LogP contribution in [0.25, 0.3) is 16.8 Å². The summed E-state index contributed by atoms with van der Waals surface area (Å²) in [4.78, 5) is 0. The summed E-state index contributed by atoms with van der Waals surface area (Å²) in [6.45, 7) is 0. The molecule has 6 aromatic carbocycles. The van der Waals surface area contributed by atoms with E-state index in [0.717, 1.165) is 0 Å². The predicted molar refractivity (Wildman–Crippen MR) is 159 cm³/mol. The first-order valence-corrected chi connectivity index (χ1v) is 13.3. The van der Waals surface area contributed by atoms with Crippen molar-refractivity contribution in [2.45, 2.75) is 10.8 Å². The molecule has 0 aromatic heterocycles. The van der Waals surface area contributed by atoms with Crippen LogP contribution >= 0.6 is 0 Å². The molecule has 0 amide bonds. The zero-order valence-corrected chi connectivity index (χ0v) is 21.2. The summed E-state index contributed by atoms with van der Waals surface area (Å²) < 4.78 is 0. The monoisotopic (exact) mass is 484 g/mol. The normalized spacial score (nSPS) is 15.2. The second-order valence-corrected chi connectivity index (χ2v) is 10.1. The molecule has 0 bridgehead atoms. The quantitative estimate of drug-likeness (QED) is 0.234. The van der Waals surface area contributed by atoms with Gasteiger partial charge in [0.15, 0.2) is 0 Å². The standard InChI is InChI=1S/C38H28/c1-5-16-30(17-6-1)37(31-18-7-2-8-19-31)28-27-35-34-24-14-13-15-29(34)25-26-36(35)38(37,32-20-9-3-10-21-32)33-22-11-4-12-23-33/h1-28H. The third kappa shape index (κ3) is 3.10. The second kappa shape index (κ2) is 9.01. The minimum Gasteiger partial charge on any atom is -0.0674 e. The smallest absolute Gasteiger partial charge is 0.0629 e. The Morgan fingerprint density at radius 2 is 0.816 bits per heavy atom. The van der Waals surface area contributed by atoms with Crippen LogP contribution in [0.5, 0.6) is 0 Å². The Morgan fingerprint density at radius 1 is 0.368 bits per heavy atom. The minimum atomic E-state index is -0.521. The molecule has 0 atom stereocenters. The van der Waals surface area contributed by atoms with E-state index in [-0.39, 0.29) is 0 Å². The van der Waals surface area contributed by atoms with E-state index < -0.39 is 10.8 Å². The van der Waals surface area contributed by atoms with Gasteiger partial charge in [-0.2, -0.15) is 0 Å². The highest BCUT2D eigenvalue weighted by Gasteiger charge is 2.57. The van der Waals surface area contributed by atoms with Gasteiger partial charge in [-0.25, -0.2) is 0 Å². The Balaban J connectivity index is 1.75. The number of hydrogen-bond acceptors (Lipinski definition) is 0. The molecule has 0 aliphatic heterocycles. The summed E-state index contributed by atoms with van der Waals surface area (Å²) in [5.74, 6) is 0. The van der Waals surface area contributed by atoms with E-state index in [2.05, 4.69) is 170 Å². The van der Waals surface area contributed by atoms with Crippen molar-refractivity contribution in [2.24, 2.45) is 0 Å². The molecular formula is C38H28. The Hall–Kier alpha value is -4.68. The van der Waals surface area contributed by atoms with Gasteiger partial charge in [0.1, 0.15) is 0 Å². The maximum absolute atomic E-state index is 2.48. The van der Waals surface area contributed by atoms with Gasteiger partial charge in [-0.1, -0.05) is 170 Å². The van der Waals surface area contributed by atoms with Crippen LogP contribution < -0.4 is 0 Å². The first-order chi connectivity index (χ1) is 18.9. The lowest BCUT2D eigenvalue weighted by molar-refractivity contribution is 0.430. The van der Waals surface area contributed by atoms with Gasteiger partial charge in [0, 0.05) is 0 Å². The molecule has 0 saturated carbocycles. The van der Waals surface area contributed by atoms with E-state index in [9.17, 15) is 0 Å². The first kappa shape index (κ1) is 22.5. The van der Waals surface area contributed by atoms with Crippen LogP contribution in [0.3, 0.4) is 0 Å². The fraction of sp³-hybridized carbons (Fsp3) is 0.0526. The van der Waals surface area contributed by atoms with Gasteiger partial charge < -0.3 is 0 Å². The van der Waals surface area contributed by atoms with Gasteiger partial charge in [0.05, 0.1) is 10.8 Å². The first-order valence-electron chi connectivity index (χ1n) is 13.3. The molecule has 0 unspecified atom stereocenters. The lowest BCUT2D eigenvalue weighted by atomic mass is 9.47. The van der Waals surface area contributed by atoms with E-state index in [1.165, 1.54) is 44.2 Å². The molecule has 7 rings (SSSR count). The molecule has 0 saturated heterocycles. The Morgan fingerprint density at radius 3 is 1.34 bits per heavy atom. The predicted octanol–water partition coefficient (Wildman–Crippen LogP) is 9.19. The molecule has 180 valence electrons. The number of rotatable bonds is 4. The van der Waals surface area contributed by atoms with Crippen LogP contribution in [-0.4, -0.2) is 0 Å². The molecule has 0 spiro atoms. The Labute approximate surface area is 224 Å². The molecule has 1 aliphatic carbocycles. The topological polar surface area (TPSA) is 0 Å². The number of fused-ring (bicyclic) bond motifs is 3.